The molecule has 0 aliphatic carbocycles. The molecule has 2 rings (SSSR count). The quantitative estimate of drug-likeness (QED) is 0.904. The number of nitrogens with zero attached hydrogens (tertiary/aromatic N) is 2. The monoisotopic (exact) mass is 289 g/mol. The topological polar surface area (TPSA) is 32.5 Å². The van der Waals surface area contributed by atoms with Crippen LogP contribution in [-0.2, 0) is 6.42 Å². The second-order valence-corrected chi connectivity index (χ2v) is 6.58. The van der Waals surface area contributed by atoms with E-state index in [1.54, 1.807) is 0 Å². The van der Waals surface area contributed by atoms with Crippen LogP contribution < -0.4 is 10.6 Å². The third-order valence-electron chi connectivity index (χ3n) is 4.69. The molecular weight excluding hydrogens is 258 g/mol. The summed E-state index contributed by atoms with van der Waals surface area (Å²) >= 11 is 0. The Balaban J connectivity index is 2.00. The molecule has 1 aromatic rings. The molecule has 3 nitrogen and oxygen atoms in total. The van der Waals surface area contributed by atoms with Crippen molar-refractivity contribution in [2.24, 2.45) is 5.73 Å². The predicted octanol–water partition coefficient (Wildman–Crippen LogP) is 2.81. The smallest absolute Gasteiger partial charge is 0.0397 e. The van der Waals surface area contributed by atoms with Crippen LogP contribution in [-0.4, -0.2) is 43.2 Å². The molecule has 1 fully saturated rings. The molecule has 118 valence electrons. The highest BCUT2D eigenvalue weighted by Crippen LogP contribution is 2.23. The lowest BCUT2D eigenvalue weighted by Crippen LogP contribution is -2.49. The van der Waals surface area contributed by atoms with Crippen molar-refractivity contribution < 1.29 is 0 Å². The molecule has 1 aromatic carbocycles. The van der Waals surface area contributed by atoms with Crippen molar-refractivity contribution in [3.8, 4) is 0 Å². The Hall–Kier alpha value is -1.06. The Morgan fingerprint density at radius 2 is 1.81 bits per heavy atom. The molecular formula is C18H31N3. The van der Waals surface area contributed by atoms with Gasteiger partial charge in [-0.05, 0) is 50.8 Å². The van der Waals surface area contributed by atoms with E-state index in [0.717, 1.165) is 19.5 Å². The van der Waals surface area contributed by atoms with Crippen LogP contribution in [0.2, 0.25) is 0 Å². The first-order valence-corrected chi connectivity index (χ1v) is 8.35. The van der Waals surface area contributed by atoms with Crippen molar-refractivity contribution in [3.63, 3.8) is 0 Å². The van der Waals surface area contributed by atoms with Crippen molar-refractivity contribution in [2.45, 2.75) is 52.6 Å². The van der Waals surface area contributed by atoms with Gasteiger partial charge in [-0.25, -0.2) is 0 Å². The van der Waals surface area contributed by atoms with Crippen LogP contribution in [0.25, 0.3) is 0 Å². The summed E-state index contributed by atoms with van der Waals surface area (Å²) in [5.74, 6) is 0. The van der Waals surface area contributed by atoms with E-state index in [-0.39, 0.29) is 6.04 Å². The van der Waals surface area contributed by atoms with Gasteiger partial charge in [-0.1, -0.05) is 19.1 Å². The lowest BCUT2D eigenvalue weighted by atomic mass is 10.0. The second-order valence-electron chi connectivity index (χ2n) is 6.58. The van der Waals surface area contributed by atoms with Crippen molar-refractivity contribution in [2.75, 3.05) is 31.1 Å². The van der Waals surface area contributed by atoms with Gasteiger partial charge in [-0.2, -0.15) is 0 Å². The highest BCUT2D eigenvalue weighted by atomic mass is 15.3. The van der Waals surface area contributed by atoms with E-state index in [0.29, 0.717) is 6.04 Å². The first kappa shape index (κ1) is 16.3. The Bertz CT molecular complexity index is 448. The van der Waals surface area contributed by atoms with Gasteiger partial charge in [0.15, 0.2) is 0 Å². The number of rotatable bonds is 5. The van der Waals surface area contributed by atoms with Gasteiger partial charge in [-0.15, -0.1) is 0 Å². The van der Waals surface area contributed by atoms with Gasteiger partial charge in [0.2, 0.25) is 0 Å². The van der Waals surface area contributed by atoms with Gasteiger partial charge in [-0.3, -0.25) is 4.90 Å². The number of anilines is 1. The Morgan fingerprint density at radius 1 is 1.14 bits per heavy atom. The van der Waals surface area contributed by atoms with Gasteiger partial charge in [0.25, 0.3) is 0 Å². The van der Waals surface area contributed by atoms with E-state index in [4.69, 9.17) is 5.73 Å². The van der Waals surface area contributed by atoms with Crippen LogP contribution in [0.15, 0.2) is 18.2 Å². The highest BCUT2D eigenvalue weighted by molar-refractivity contribution is 5.55. The first-order valence-electron chi connectivity index (χ1n) is 8.35. The van der Waals surface area contributed by atoms with Crippen LogP contribution in [0.4, 0.5) is 5.69 Å². The minimum atomic E-state index is 0.231. The molecule has 2 N–H and O–H groups in total. The molecule has 0 amide bonds. The molecule has 0 saturated carbocycles. The number of hydrogen-bond donors (Lipinski definition) is 1. The van der Waals surface area contributed by atoms with Crippen molar-refractivity contribution in [1.29, 1.82) is 0 Å². The van der Waals surface area contributed by atoms with E-state index in [9.17, 15) is 0 Å². The molecule has 1 saturated heterocycles. The zero-order valence-corrected chi connectivity index (χ0v) is 14.1. The van der Waals surface area contributed by atoms with E-state index < -0.39 is 0 Å². The summed E-state index contributed by atoms with van der Waals surface area (Å²) in [6.45, 7) is 13.5. The van der Waals surface area contributed by atoms with Crippen molar-refractivity contribution >= 4 is 5.69 Å². The lowest BCUT2D eigenvalue weighted by molar-refractivity contribution is 0.193. The van der Waals surface area contributed by atoms with E-state index in [1.165, 1.54) is 36.3 Å². The summed E-state index contributed by atoms with van der Waals surface area (Å²) in [6.07, 6.45) is 2.20. The molecule has 0 bridgehead atoms. The summed E-state index contributed by atoms with van der Waals surface area (Å²) in [5.41, 5.74) is 10.0. The van der Waals surface area contributed by atoms with Crippen molar-refractivity contribution in [3.05, 3.63) is 29.3 Å². The molecule has 21 heavy (non-hydrogen) atoms. The van der Waals surface area contributed by atoms with Crippen LogP contribution in [0, 0.1) is 6.92 Å². The van der Waals surface area contributed by atoms with Crippen LogP contribution >= 0.6 is 0 Å². The standard InChI is InChI=1S/C18H31N3/c1-5-16(4)20-8-10-21(11-9-20)18-7-6-17(12-14(18)2)13-15(3)19/h6-7,12,15-16H,5,8-11,13,19H2,1-4H3. The molecule has 0 radical (unpaired) electrons. The summed E-state index contributed by atoms with van der Waals surface area (Å²) in [4.78, 5) is 5.14. The fourth-order valence-electron chi connectivity index (χ4n) is 3.23. The largest absolute Gasteiger partial charge is 0.369 e. The summed E-state index contributed by atoms with van der Waals surface area (Å²) in [6, 6.07) is 7.77. The molecule has 1 aliphatic rings. The SMILES string of the molecule is CCC(C)N1CCN(c2ccc(CC(C)N)cc2C)CC1. The Morgan fingerprint density at radius 3 is 2.33 bits per heavy atom. The maximum Gasteiger partial charge on any atom is 0.0397 e. The molecule has 3 heteroatoms. The van der Waals surface area contributed by atoms with Gasteiger partial charge in [0.05, 0.1) is 0 Å². The zero-order chi connectivity index (χ0) is 15.4. The summed E-state index contributed by atoms with van der Waals surface area (Å²) in [7, 11) is 0. The average molecular weight is 289 g/mol. The average Bonchev–Trinajstić information content (AvgIpc) is 2.46. The third kappa shape index (κ3) is 4.21. The first-order chi connectivity index (χ1) is 10.0. The summed E-state index contributed by atoms with van der Waals surface area (Å²) in [5, 5.41) is 0. The highest BCUT2D eigenvalue weighted by Gasteiger charge is 2.21. The number of piperazine rings is 1. The van der Waals surface area contributed by atoms with Crippen LogP contribution in [0.3, 0.4) is 0 Å². The van der Waals surface area contributed by atoms with Gasteiger partial charge < -0.3 is 10.6 Å². The normalized spacial score (nSPS) is 19.6. The zero-order valence-electron chi connectivity index (χ0n) is 14.1. The molecule has 0 spiro atoms. The molecule has 1 heterocycles. The predicted molar refractivity (Wildman–Crippen MR) is 92.1 cm³/mol. The maximum atomic E-state index is 5.90. The second kappa shape index (κ2) is 7.28. The minimum Gasteiger partial charge on any atom is -0.369 e. The fraction of sp³-hybridized carbons (Fsp3) is 0.667. The van der Waals surface area contributed by atoms with Gasteiger partial charge >= 0.3 is 0 Å². The number of hydrogen-bond acceptors (Lipinski definition) is 3. The molecule has 1 aliphatic heterocycles. The molecule has 2 unspecified atom stereocenters. The van der Waals surface area contributed by atoms with E-state index >= 15 is 0 Å². The number of nitrogens with two attached hydrogens (primary N) is 1. The van der Waals surface area contributed by atoms with E-state index in [1.807, 2.05) is 0 Å². The van der Waals surface area contributed by atoms with Gasteiger partial charge in [0, 0.05) is 44.0 Å². The maximum absolute atomic E-state index is 5.90. The number of aryl methyl sites for hydroxylation is 1. The Labute approximate surface area is 130 Å². The minimum absolute atomic E-state index is 0.231. The summed E-state index contributed by atoms with van der Waals surface area (Å²) < 4.78 is 0. The van der Waals surface area contributed by atoms with E-state index in [2.05, 4.69) is 55.7 Å². The van der Waals surface area contributed by atoms with Crippen molar-refractivity contribution in [1.82, 2.24) is 4.90 Å². The lowest BCUT2D eigenvalue weighted by Gasteiger charge is -2.39. The number of benzene rings is 1. The van der Waals surface area contributed by atoms with Gasteiger partial charge in [0.1, 0.15) is 0 Å². The third-order valence-corrected chi connectivity index (χ3v) is 4.69. The molecule has 0 aromatic heterocycles. The fourth-order valence-corrected chi connectivity index (χ4v) is 3.23. The Kier molecular flexibility index (Phi) is 5.65. The molecule has 2 atom stereocenters. The van der Waals surface area contributed by atoms with Crippen LogP contribution in [0.1, 0.15) is 38.3 Å². The van der Waals surface area contributed by atoms with Crippen LogP contribution in [0.5, 0.6) is 0 Å².